The van der Waals surface area contributed by atoms with Gasteiger partial charge in [0.1, 0.15) is 6.10 Å². The Balaban J connectivity index is 5.05. The molecule has 0 saturated heterocycles. The third kappa shape index (κ3) is 44.9. The number of esters is 2. The number of hydrogen-bond acceptors (Lipinski definition) is 7. The quantitative estimate of drug-likeness (QED) is 0.0261. The summed E-state index contributed by atoms with van der Waals surface area (Å²) >= 11 is 0. The van der Waals surface area contributed by atoms with Crippen LogP contribution in [0, 0.1) is 5.92 Å². The summed E-state index contributed by atoms with van der Waals surface area (Å²) in [4.78, 5) is 27.5. The number of hydrogen-bond donors (Lipinski definition) is 0. The molecule has 0 aliphatic rings. The zero-order valence-corrected chi connectivity index (χ0v) is 42.0. The van der Waals surface area contributed by atoms with Gasteiger partial charge in [-0.2, -0.15) is 0 Å². The van der Waals surface area contributed by atoms with Gasteiger partial charge in [-0.05, 0) is 97.1 Å². The third-order valence-corrected chi connectivity index (χ3v) is 13.8. The van der Waals surface area contributed by atoms with E-state index < -0.39 is 0 Å². The summed E-state index contributed by atoms with van der Waals surface area (Å²) in [5.74, 6) is 1.66. The van der Waals surface area contributed by atoms with Crippen molar-refractivity contribution < 1.29 is 19.1 Å². The van der Waals surface area contributed by atoms with Crippen LogP contribution in [0.2, 0.25) is 0 Å². The van der Waals surface area contributed by atoms with Gasteiger partial charge in [0, 0.05) is 18.1 Å². The molecule has 352 valence electrons. The molecule has 2 unspecified atom stereocenters. The van der Waals surface area contributed by atoms with E-state index in [9.17, 15) is 9.59 Å². The van der Waals surface area contributed by atoms with Crippen molar-refractivity contribution in [3.8, 4) is 0 Å². The highest BCUT2D eigenvalue weighted by Gasteiger charge is 2.24. The first-order valence-electron chi connectivity index (χ1n) is 25.6. The Labute approximate surface area is 382 Å². The summed E-state index contributed by atoms with van der Waals surface area (Å²) in [5, 5.41) is 0. The molecule has 0 aromatic carbocycles. The first-order chi connectivity index (χ1) is 29.4. The SMILES string of the molecule is CCCC/C=C\C/C=C\CCCCCCCCC(OC(=O)CCSSCCC(=O)OCCCN(C)C)C(CC/C=C\CCCCC)CCCCCCCCCCCCCC. The second-order valence-electron chi connectivity index (χ2n) is 17.6. The van der Waals surface area contributed by atoms with Gasteiger partial charge < -0.3 is 14.4 Å². The van der Waals surface area contributed by atoms with E-state index in [1.807, 2.05) is 14.1 Å². The van der Waals surface area contributed by atoms with Gasteiger partial charge in [0.15, 0.2) is 0 Å². The van der Waals surface area contributed by atoms with Gasteiger partial charge in [-0.1, -0.05) is 207 Å². The molecule has 0 N–H and O–H groups in total. The van der Waals surface area contributed by atoms with Gasteiger partial charge in [-0.25, -0.2) is 0 Å². The molecule has 5 nitrogen and oxygen atoms in total. The number of rotatable bonds is 47. The fourth-order valence-electron chi connectivity index (χ4n) is 7.59. The van der Waals surface area contributed by atoms with Crippen molar-refractivity contribution in [3.63, 3.8) is 0 Å². The first kappa shape index (κ1) is 58.8. The standard InChI is InChI=1S/C53H99NO4S2/c1-6-9-12-15-18-20-22-24-25-26-28-30-33-36-39-43-51(58-53(56)45-49-60-59-48-44-52(55)57-47-40-46-54(4)5)50(41-37-34-31-17-14-11-8-3)42-38-35-32-29-27-23-21-19-16-13-10-7-2/h15,18,22,24,31,34,50-51H,6-14,16-17,19-21,23,25-30,32-33,35-49H2,1-5H3/b18-15-,24-22-,34-31-. The minimum Gasteiger partial charge on any atom is -0.466 e. The maximum Gasteiger partial charge on any atom is 0.306 e. The zero-order valence-electron chi connectivity index (χ0n) is 40.4. The van der Waals surface area contributed by atoms with Crippen LogP contribution in [0.15, 0.2) is 36.5 Å². The largest absolute Gasteiger partial charge is 0.466 e. The van der Waals surface area contributed by atoms with Crippen LogP contribution in [0.1, 0.15) is 239 Å². The van der Waals surface area contributed by atoms with E-state index in [2.05, 4.69) is 62.1 Å². The van der Waals surface area contributed by atoms with E-state index in [1.54, 1.807) is 21.6 Å². The predicted molar refractivity (Wildman–Crippen MR) is 269 cm³/mol. The van der Waals surface area contributed by atoms with E-state index >= 15 is 0 Å². The molecule has 0 heterocycles. The Morgan fingerprint density at radius 2 is 0.933 bits per heavy atom. The smallest absolute Gasteiger partial charge is 0.306 e. The number of carbonyl (C=O) groups is 2. The van der Waals surface area contributed by atoms with Crippen molar-refractivity contribution in [3.05, 3.63) is 36.5 Å². The van der Waals surface area contributed by atoms with Crippen LogP contribution in [-0.2, 0) is 19.1 Å². The maximum absolute atomic E-state index is 13.4. The van der Waals surface area contributed by atoms with E-state index in [-0.39, 0.29) is 18.0 Å². The molecular weight excluding hydrogens is 779 g/mol. The van der Waals surface area contributed by atoms with Gasteiger partial charge in [-0.3, -0.25) is 9.59 Å². The number of unbranched alkanes of at least 4 members (excludes halogenated alkanes) is 22. The number of ether oxygens (including phenoxy) is 2. The summed E-state index contributed by atoms with van der Waals surface area (Å²) in [6.07, 6.45) is 55.1. The van der Waals surface area contributed by atoms with Crippen molar-refractivity contribution in [2.45, 2.75) is 245 Å². The lowest BCUT2D eigenvalue weighted by Gasteiger charge is -2.27. The van der Waals surface area contributed by atoms with E-state index in [0.717, 1.165) is 51.5 Å². The van der Waals surface area contributed by atoms with Crippen LogP contribution >= 0.6 is 21.6 Å². The minimum absolute atomic E-state index is 0.0137. The van der Waals surface area contributed by atoms with Crippen LogP contribution in [0.3, 0.4) is 0 Å². The van der Waals surface area contributed by atoms with Gasteiger partial charge in [0.05, 0.1) is 19.4 Å². The molecular formula is C53H99NO4S2. The first-order valence-corrected chi connectivity index (χ1v) is 28.1. The highest BCUT2D eigenvalue weighted by atomic mass is 33.1. The summed E-state index contributed by atoms with van der Waals surface area (Å²) in [6, 6.07) is 0. The lowest BCUT2D eigenvalue weighted by atomic mass is 9.87. The molecule has 0 bridgehead atoms. The predicted octanol–water partition coefficient (Wildman–Crippen LogP) is 17.0. The Morgan fingerprint density at radius 3 is 1.52 bits per heavy atom. The molecule has 0 spiro atoms. The fourth-order valence-corrected chi connectivity index (χ4v) is 9.53. The normalized spacial score (nSPS) is 13.0. The van der Waals surface area contributed by atoms with Crippen molar-refractivity contribution >= 4 is 33.5 Å². The van der Waals surface area contributed by atoms with Crippen LogP contribution in [-0.4, -0.2) is 61.7 Å². The molecule has 7 heteroatoms. The molecule has 0 radical (unpaired) electrons. The fraction of sp³-hybridized carbons (Fsp3) is 0.849. The number of nitrogens with zero attached hydrogens (tertiary/aromatic N) is 1. The van der Waals surface area contributed by atoms with Crippen molar-refractivity contribution in [1.82, 2.24) is 4.90 Å². The molecule has 60 heavy (non-hydrogen) atoms. The van der Waals surface area contributed by atoms with E-state index in [0.29, 0.717) is 36.9 Å². The highest BCUT2D eigenvalue weighted by Crippen LogP contribution is 2.29. The molecule has 2 atom stereocenters. The average Bonchev–Trinajstić information content (AvgIpc) is 3.23. The van der Waals surface area contributed by atoms with Crippen LogP contribution in [0.25, 0.3) is 0 Å². The molecule has 0 aromatic heterocycles. The molecule has 0 amide bonds. The van der Waals surface area contributed by atoms with Crippen molar-refractivity contribution in [1.29, 1.82) is 0 Å². The van der Waals surface area contributed by atoms with Crippen LogP contribution in [0.4, 0.5) is 0 Å². The monoisotopic (exact) mass is 878 g/mol. The minimum atomic E-state index is -0.132. The Morgan fingerprint density at radius 1 is 0.483 bits per heavy atom. The van der Waals surface area contributed by atoms with Gasteiger partial charge in [0.25, 0.3) is 0 Å². The van der Waals surface area contributed by atoms with E-state index in [1.165, 1.54) is 161 Å². The summed E-state index contributed by atoms with van der Waals surface area (Å²) in [5.41, 5.74) is 0. The second kappa shape index (κ2) is 48.8. The summed E-state index contributed by atoms with van der Waals surface area (Å²) < 4.78 is 11.8. The van der Waals surface area contributed by atoms with Gasteiger partial charge in [-0.15, -0.1) is 0 Å². The van der Waals surface area contributed by atoms with Crippen LogP contribution in [0.5, 0.6) is 0 Å². The topological polar surface area (TPSA) is 55.8 Å². The third-order valence-electron chi connectivity index (χ3n) is 11.4. The zero-order chi connectivity index (χ0) is 43.8. The second-order valence-corrected chi connectivity index (χ2v) is 20.3. The van der Waals surface area contributed by atoms with E-state index in [4.69, 9.17) is 9.47 Å². The molecule has 0 aliphatic heterocycles. The van der Waals surface area contributed by atoms with Gasteiger partial charge in [0.2, 0.25) is 0 Å². The molecule has 0 saturated carbocycles. The maximum atomic E-state index is 13.4. The molecule has 0 aromatic rings. The lowest BCUT2D eigenvalue weighted by Crippen LogP contribution is -2.27. The van der Waals surface area contributed by atoms with Gasteiger partial charge >= 0.3 is 11.9 Å². The van der Waals surface area contributed by atoms with Crippen molar-refractivity contribution in [2.75, 3.05) is 38.8 Å². The Hall–Kier alpha value is -1.18. The lowest BCUT2D eigenvalue weighted by molar-refractivity contribution is -0.152. The molecule has 0 fully saturated rings. The Bertz CT molecular complexity index is 999. The Kier molecular flexibility index (Phi) is 47.9. The van der Waals surface area contributed by atoms with Crippen molar-refractivity contribution in [2.24, 2.45) is 5.92 Å². The van der Waals surface area contributed by atoms with Crippen LogP contribution < -0.4 is 0 Å². The number of allylic oxidation sites excluding steroid dienone is 6. The molecule has 0 rings (SSSR count). The summed E-state index contributed by atoms with van der Waals surface area (Å²) in [6.45, 7) is 8.21. The highest BCUT2D eigenvalue weighted by molar-refractivity contribution is 8.76. The average molecular weight is 879 g/mol. The summed E-state index contributed by atoms with van der Waals surface area (Å²) in [7, 11) is 7.38. The molecule has 0 aliphatic carbocycles. The number of carbonyl (C=O) groups excluding carboxylic acids is 2.